The molecule has 0 atom stereocenters. The molecule has 0 aliphatic rings. The van der Waals surface area contributed by atoms with E-state index in [0.29, 0.717) is 28.5 Å². The zero-order valence-electron chi connectivity index (χ0n) is 46.2. The molecule has 0 aromatic carbocycles. The Morgan fingerprint density at radius 2 is 0.809 bits per heavy atom. The Morgan fingerprint density at radius 1 is 0.461 bits per heavy atom. The third kappa shape index (κ3) is 27.2. The molecule has 1 N–H and O–H groups in total. The van der Waals surface area contributed by atoms with Crippen molar-refractivity contribution in [1.82, 2.24) is 49.8 Å². The van der Waals surface area contributed by atoms with Crippen molar-refractivity contribution in [2.45, 2.75) is 20.8 Å². The molecule has 0 saturated heterocycles. The van der Waals surface area contributed by atoms with Crippen molar-refractivity contribution in [3.63, 3.8) is 0 Å². The molecule has 0 amide bonds. The van der Waals surface area contributed by atoms with Gasteiger partial charge in [0, 0.05) is 157 Å². The minimum atomic E-state index is -1.06. The van der Waals surface area contributed by atoms with E-state index in [1.807, 2.05) is 25.9 Å². The van der Waals surface area contributed by atoms with E-state index in [9.17, 15) is 53.1 Å². The van der Waals surface area contributed by atoms with Crippen molar-refractivity contribution in [2.75, 3.05) is 26.1 Å². The number of hydrogen-bond acceptors (Lipinski definition) is 14. The number of carbonyl (C=O) groups excluding carboxylic acids is 1. The summed E-state index contributed by atoms with van der Waals surface area (Å²) in [6.07, 6.45) is 8.45. The van der Waals surface area contributed by atoms with Gasteiger partial charge in [-0.3, -0.25) is 29.7 Å². The van der Waals surface area contributed by atoms with Gasteiger partial charge in [0.1, 0.15) is 71.0 Å². The van der Waals surface area contributed by atoms with E-state index in [4.69, 9.17) is 9.84 Å². The molecule has 10 heterocycles. The second-order valence-corrected chi connectivity index (χ2v) is 16.5. The summed E-state index contributed by atoms with van der Waals surface area (Å²) < 4.78 is 147. The molecule has 0 aliphatic carbocycles. The fraction of sp³-hybridized carbons (Fsp3) is 0.102. The van der Waals surface area contributed by atoms with Crippen molar-refractivity contribution in [2.24, 2.45) is 0 Å². The molecule has 30 heteroatoms. The first-order valence-electron chi connectivity index (χ1n) is 23.7. The van der Waals surface area contributed by atoms with Crippen LogP contribution in [0.15, 0.2) is 140 Å². The van der Waals surface area contributed by atoms with Crippen LogP contribution in [0.2, 0.25) is 0 Å². The van der Waals surface area contributed by atoms with Crippen LogP contribution in [0.5, 0.6) is 5.75 Å². The van der Waals surface area contributed by atoms with E-state index < -0.39 is 65.3 Å². The van der Waals surface area contributed by atoms with E-state index in [-0.39, 0.29) is 146 Å². The number of rotatable bonds is 8. The molecule has 477 valence electrons. The molecule has 0 fully saturated rings. The maximum Gasteiger partial charge on any atom is 0.155 e. The summed E-state index contributed by atoms with van der Waals surface area (Å²) in [5.41, 5.74) is 3.38. The van der Waals surface area contributed by atoms with E-state index >= 15 is 0 Å². The Balaban J connectivity index is 0.00000105. The summed E-state index contributed by atoms with van der Waals surface area (Å²) in [5.74, 6) is -9.36. The van der Waals surface area contributed by atoms with E-state index in [0.717, 1.165) is 53.7 Å². The Kier molecular flexibility index (Phi) is 37.8. The van der Waals surface area contributed by atoms with Gasteiger partial charge >= 0.3 is 0 Å². The molecule has 14 nitrogen and oxygen atoms in total. The molecule has 0 bridgehead atoms. The first-order chi connectivity index (χ1) is 40.0. The van der Waals surface area contributed by atoms with Gasteiger partial charge in [0.05, 0.1) is 12.9 Å². The van der Waals surface area contributed by atoms with Crippen molar-refractivity contribution in [3.05, 3.63) is 241 Å². The number of aliphatic hydroxyl groups is 1. The van der Waals surface area contributed by atoms with Crippen LogP contribution >= 0.6 is 0 Å². The predicted octanol–water partition coefficient (Wildman–Crippen LogP) is 12.7. The largest absolute Gasteiger partial charge is 0.512 e. The number of methoxy groups -OCH3 is 1. The van der Waals surface area contributed by atoms with E-state index in [1.165, 1.54) is 51.7 Å². The summed E-state index contributed by atoms with van der Waals surface area (Å²) in [5, 5.41) is 8.36. The average Bonchev–Trinajstić information content (AvgIpc) is 3.66. The van der Waals surface area contributed by atoms with Crippen LogP contribution in [-0.4, -0.2) is 81.9 Å². The SMILES string of the molecule is CC(=O)C=C(C)O.CN(C)c1ccnc(-c2[c-]cc(F)nc2F)c1.COc1ccnc(-c2[c-]cc(F)nc2F)c1.Cc1ccnc(-c2[c-]cc(F)nc2F)c1.Fc1c[c-]c(-c2ccccn2)c(F)n1.Fc1ccnc(-c2[c-]cc(F)nc2F)c1.[Ir].[Ir].[Ir].[Ir].[Ir]. The molecule has 0 saturated carbocycles. The number of nitrogens with zero attached hydrogens (tertiary/aromatic N) is 11. The summed E-state index contributed by atoms with van der Waals surface area (Å²) in [6.45, 7) is 4.71. The van der Waals surface area contributed by atoms with Gasteiger partial charge in [-0.15, -0.1) is 30.3 Å². The van der Waals surface area contributed by atoms with Crippen LogP contribution in [0.4, 0.5) is 54.0 Å². The molecule has 10 aromatic heterocycles. The van der Waals surface area contributed by atoms with Crippen molar-refractivity contribution in [3.8, 4) is 62.0 Å². The standard InChI is InChI=1S/C12H10F2N3.C11H7F2N2O.C11H7F2N2.C10H4F3N2.C10H5F2N2.C5H8O2.5Ir/c1-17(2)8-5-6-15-10(7-8)9-3-4-11(13)16-12(9)14;1-16-7-4-5-14-9(6-7)8-2-3-10(12)15-11(8)13;1-7-4-5-14-9(6-7)8-2-3-10(12)15-11(8)13;11-6-3-4-14-8(5-6)7-1-2-9(12)15-10(7)13;11-9-5-4-7(10(12)14-9)8-3-1-2-6-13-8;1-4(6)3-5(2)7;;;;;/h4-7H,1-2H3;3-6H,1H3;3-6H,1H3;2-5H;1-3,5-6H;3,6H,1-2H3;;;;;/q5*-1;;;;;;. The second-order valence-electron chi connectivity index (χ2n) is 16.5. The van der Waals surface area contributed by atoms with E-state index in [2.05, 4.69) is 80.2 Å². The van der Waals surface area contributed by atoms with Crippen molar-refractivity contribution < 1.29 is 163 Å². The van der Waals surface area contributed by atoms with Gasteiger partial charge < -0.3 is 39.7 Å². The molecule has 0 unspecified atom stereocenters. The summed E-state index contributed by atoms with van der Waals surface area (Å²) in [4.78, 5) is 46.7. The number of aryl methyl sites for hydroxylation is 1. The van der Waals surface area contributed by atoms with Gasteiger partial charge in [0.2, 0.25) is 0 Å². The number of anilines is 1. The molecular weight excluding hydrogens is 2080 g/mol. The second kappa shape index (κ2) is 41.2. The number of ketones is 1. The Labute approximate surface area is 570 Å². The first kappa shape index (κ1) is 81.8. The summed E-state index contributed by atoms with van der Waals surface area (Å²) in [6, 6.07) is 34.2. The fourth-order valence-corrected chi connectivity index (χ4v) is 6.29. The number of allylic oxidation sites excluding steroid dienone is 2. The maximum atomic E-state index is 13.4. The minimum absolute atomic E-state index is 0. The smallest absolute Gasteiger partial charge is 0.155 e. The van der Waals surface area contributed by atoms with E-state index in [1.54, 1.807) is 60.9 Å². The Morgan fingerprint density at radius 3 is 1.13 bits per heavy atom. The van der Waals surface area contributed by atoms with Crippen LogP contribution in [0.25, 0.3) is 56.3 Å². The van der Waals surface area contributed by atoms with Crippen molar-refractivity contribution in [1.29, 1.82) is 0 Å². The van der Waals surface area contributed by atoms with Crippen LogP contribution in [-0.2, 0) is 105 Å². The Bertz CT molecular complexity index is 3780. The van der Waals surface area contributed by atoms with Crippen LogP contribution < -0.4 is 9.64 Å². The molecule has 10 aromatic rings. The van der Waals surface area contributed by atoms with Gasteiger partial charge in [-0.1, -0.05) is 88.0 Å². The van der Waals surface area contributed by atoms with Crippen LogP contribution in [0.1, 0.15) is 19.4 Å². The normalized spacial score (nSPS) is 9.79. The van der Waals surface area contributed by atoms with Gasteiger partial charge in [-0.25, -0.2) is 48.3 Å². The number of aromatic nitrogens is 10. The third-order valence-corrected chi connectivity index (χ3v) is 9.96. The molecule has 5 radical (unpaired) electrons. The van der Waals surface area contributed by atoms with Crippen molar-refractivity contribution >= 4 is 11.5 Å². The molecule has 0 spiro atoms. The van der Waals surface area contributed by atoms with Crippen LogP contribution in [0.3, 0.4) is 0 Å². The third-order valence-electron chi connectivity index (χ3n) is 9.96. The Hall–Kier alpha value is -7.21. The zero-order chi connectivity index (χ0) is 61.5. The monoisotopic (exact) mass is 2130 g/mol. The predicted molar refractivity (Wildman–Crippen MR) is 284 cm³/mol. The fourth-order valence-electron chi connectivity index (χ4n) is 6.29. The average molecular weight is 2120 g/mol. The summed E-state index contributed by atoms with van der Waals surface area (Å²) in [7, 11) is 5.21. The van der Waals surface area contributed by atoms with Gasteiger partial charge in [0.25, 0.3) is 0 Å². The maximum absolute atomic E-state index is 13.4. The number of hydrogen-bond donors (Lipinski definition) is 1. The number of aliphatic hydroxyl groups excluding tert-OH is 1. The van der Waals surface area contributed by atoms with Gasteiger partial charge in [-0.2, -0.15) is 0 Å². The van der Waals surface area contributed by atoms with Gasteiger partial charge in [0.15, 0.2) is 5.78 Å². The molecule has 0 aliphatic heterocycles. The minimum Gasteiger partial charge on any atom is -0.512 e. The number of halogens is 11. The zero-order valence-corrected chi connectivity index (χ0v) is 58.2. The first-order valence-corrected chi connectivity index (χ1v) is 23.7. The number of carbonyl (C=O) groups is 1. The van der Waals surface area contributed by atoms with Crippen LogP contribution in [0, 0.1) is 103 Å². The van der Waals surface area contributed by atoms with Gasteiger partial charge in [-0.05, 0) is 91.7 Å². The number of ether oxygens (including phenoxy) is 1. The molecular formula is C59H41F11Ir5N11O3-5. The summed E-state index contributed by atoms with van der Waals surface area (Å²) >= 11 is 0. The molecule has 89 heavy (non-hydrogen) atoms. The topological polar surface area (TPSA) is 179 Å². The number of pyridine rings is 10. The quantitative estimate of drug-likeness (QED) is 0.0499. The molecule has 10 rings (SSSR count).